The maximum Gasteiger partial charge on any atom is 0.269 e. The summed E-state index contributed by atoms with van der Waals surface area (Å²) in [5.41, 5.74) is 0.0881. The molecular formula is C14H25NO4Si2. The molecule has 0 unspecified atom stereocenters. The first-order valence-corrected chi connectivity index (χ1v) is 13.2. The number of benzene rings is 1. The van der Waals surface area contributed by atoms with Gasteiger partial charge < -0.3 is 8.85 Å². The van der Waals surface area contributed by atoms with E-state index in [0.717, 1.165) is 18.9 Å². The fourth-order valence-electron chi connectivity index (χ4n) is 2.20. The van der Waals surface area contributed by atoms with Gasteiger partial charge in [0.15, 0.2) is 17.4 Å². The minimum atomic E-state index is -1.48. The summed E-state index contributed by atoms with van der Waals surface area (Å²) in [5.74, 6) is 0.683. The molecule has 21 heavy (non-hydrogen) atoms. The highest BCUT2D eigenvalue weighted by Gasteiger charge is 2.22. The number of ether oxygens (including phenoxy) is 1. The summed E-state index contributed by atoms with van der Waals surface area (Å²) in [4.78, 5) is 10.1. The minimum absolute atomic E-state index is 0.0881. The van der Waals surface area contributed by atoms with E-state index in [-0.39, 0.29) is 5.69 Å². The Morgan fingerprint density at radius 1 is 1.19 bits per heavy atom. The Labute approximate surface area is 129 Å². The molecule has 7 heteroatoms. The SMILES string of the molecule is C[SiH](C)O[Si](C)(C)CCCCOc1ccc([N+](=O)[O-])cc1. The number of hydrogen-bond donors (Lipinski definition) is 0. The molecule has 0 aromatic heterocycles. The van der Waals surface area contributed by atoms with Gasteiger partial charge in [-0.05, 0) is 50.8 Å². The van der Waals surface area contributed by atoms with Gasteiger partial charge in [0.2, 0.25) is 0 Å². The smallest absolute Gasteiger partial charge is 0.269 e. The number of nitrogens with zero attached hydrogens (tertiary/aromatic N) is 1. The van der Waals surface area contributed by atoms with Crippen molar-refractivity contribution in [2.75, 3.05) is 6.61 Å². The monoisotopic (exact) mass is 327 g/mol. The maximum absolute atomic E-state index is 10.5. The lowest BCUT2D eigenvalue weighted by molar-refractivity contribution is -0.384. The zero-order valence-electron chi connectivity index (χ0n) is 13.3. The molecule has 0 radical (unpaired) electrons. The van der Waals surface area contributed by atoms with Crippen LogP contribution >= 0.6 is 0 Å². The zero-order valence-corrected chi connectivity index (χ0v) is 15.5. The largest absolute Gasteiger partial charge is 0.494 e. The first-order valence-electron chi connectivity index (χ1n) is 7.35. The van der Waals surface area contributed by atoms with Crippen molar-refractivity contribution in [3.8, 4) is 5.75 Å². The van der Waals surface area contributed by atoms with Gasteiger partial charge in [-0.25, -0.2) is 0 Å². The molecule has 0 spiro atoms. The molecule has 0 aliphatic rings. The molecule has 0 saturated carbocycles. The molecule has 1 aromatic carbocycles. The number of unbranched alkanes of at least 4 members (excludes halogenated alkanes) is 1. The van der Waals surface area contributed by atoms with E-state index >= 15 is 0 Å². The van der Waals surface area contributed by atoms with Crippen molar-refractivity contribution in [1.82, 2.24) is 0 Å². The van der Waals surface area contributed by atoms with Crippen LogP contribution in [-0.2, 0) is 4.12 Å². The van der Waals surface area contributed by atoms with E-state index in [4.69, 9.17) is 8.85 Å². The van der Waals surface area contributed by atoms with Gasteiger partial charge in [-0.15, -0.1) is 0 Å². The van der Waals surface area contributed by atoms with E-state index in [9.17, 15) is 10.1 Å². The van der Waals surface area contributed by atoms with E-state index in [1.54, 1.807) is 12.1 Å². The molecule has 1 aromatic rings. The molecule has 0 fully saturated rings. The third-order valence-electron chi connectivity index (χ3n) is 3.04. The fraction of sp³-hybridized carbons (Fsp3) is 0.571. The minimum Gasteiger partial charge on any atom is -0.494 e. The van der Waals surface area contributed by atoms with Gasteiger partial charge >= 0.3 is 0 Å². The first-order chi connectivity index (χ1) is 9.80. The van der Waals surface area contributed by atoms with Crippen LogP contribution in [0.2, 0.25) is 32.2 Å². The quantitative estimate of drug-likeness (QED) is 0.298. The predicted molar refractivity (Wildman–Crippen MR) is 90.1 cm³/mol. The van der Waals surface area contributed by atoms with Crippen LogP contribution in [0.25, 0.3) is 0 Å². The van der Waals surface area contributed by atoms with E-state index < -0.39 is 22.3 Å². The third-order valence-corrected chi connectivity index (χ3v) is 9.04. The second-order valence-electron chi connectivity index (χ2n) is 5.98. The standard InChI is InChI=1S/C14H25NO4Si2/c1-20(2)19-21(3,4)12-6-5-11-18-14-9-7-13(8-10-14)15(16)17/h7-10,20H,5-6,11-12H2,1-4H3. The number of rotatable bonds is 9. The van der Waals surface area contributed by atoms with Crippen molar-refractivity contribution in [3.63, 3.8) is 0 Å². The molecule has 0 aliphatic heterocycles. The summed E-state index contributed by atoms with van der Waals surface area (Å²) in [7, 11) is -2.43. The van der Waals surface area contributed by atoms with E-state index in [2.05, 4.69) is 26.2 Å². The van der Waals surface area contributed by atoms with Gasteiger partial charge in [0, 0.05) is 12.1 Å². The lowest BCUT2D eigenvalue weighted by Crippen LogP contribution is -2.35. The molecule has 1 rings (SSSR count). The molecule has 0 saturated heterocycles. The second-order valence-corrected chi connectivity index (χ2v) is 13.0. The van der Waals surface area contributed by atoms with Crippen LogP contribution in [0.3, 0.4) is 0 Å². The lowest BCUT2D eigenvalue weighted by atomic mass is 10.3. The Morgan fingerprint density at radius 2 is 1.81 bits per heavy atom. The number of hydrogen-bond acceptors (Lipinski definition) is 4. The number of non-ortho nitro benzene ring substituents is 1. The highest BCUT2D eigenvalue weighted by atomic mass is 28.4. The highest BCUT2D eigenvalue weighted by Crippen LogP contribution is 2.19. The Hall–Kier alpha value is -1.19. The summed E-state index contributed by atoms with van der Waals surface area (Å²) < 4.78 is 11.7. The number of nitro benzene ring substituents is 1. The number of nitro groups is 1. The maximum atomic E-state index is 10.5. The molecule has 0 amide bonds. The van der Waals surface area contributed by atoms with Crippen LogP contribution < -0.4 is 4.74 Å². The summed E-state index contributed by atoms with van der Waals surface area (Å²) in [6.07, 6.45) is 2.09. The van der Waals surface area contributed by atoms with E-state index in [1.165, 1.54) is 12.1 Å². The lowest BCUT2D eigenvalue weighted by Gasteiger charge is -2.25. The van der Waals surface area contributed by atoms with E-state index in [1.807, 2.05) is 0 Å². The molecule has 118 valence electrons. The van der Waals surface area contributed by atoms with E-state index in [0.29, 0.717) is 12.4 Å². The Kier molecular flexibility index (Phi) is 7.06. The zero-order chi connectivity index (χ0) is 15.9. The third kappa shape index (κ3) is 7.40. The normalized spacial score (nSPS) is 11.7. The first kappa shape index (κ1) is 17.9. The van der Waals surface area contributed by atoms with Crippen LogP contribution in [0, 0.1) is 10.1 Å². The predicted octanol–water partition coefficient (Wildman–Crippen LogP) is 3.96. The van der Waals surface area contributed by atoms with Gasteiger partial charge in [0.1, 0.15) is 5.75 Å². The van der Waals surface area contributed by atoms with Crippen LogP contribution in [0.5, 0.6) is 5.75 Å². The Bertz CT molecular complexity index is 449. The van der Waals surface area contributed by atoms with Crippen LogP contribution in [0.1, 0.15) is 12.8 Å². The fourth-order valence-corrected chi connectivity index (χ4v) is 8.88. The summed E-state index contributed by atoms with van der Waals surface area (Å²) >= 11 is 0. The Morgan fingerprint density at radius 3 is 2.33 bits per heavy atom. The van der Waals surface area contributed by atoms with Gasteiger partial charge in [0.25, 0.3) is 5.69 Å². The van der Waals surface area contributed by atoms with Crippen LogP contribution in [0.15, 0.2) is 24.3 Å². The molecule has 0 N–H and O–H groups in total. The summed E-state index contributed by atoms with van der Waals surface area (Å²) in [6, 6.07) is 7.37. The van der Waals surface area contributed by atoms with Gasteiger partial charge in [-0.3, -0.25) is 10.1 Å². The van der Waals surface area contributed by atoms with Crippen molar-refractivity contribution in [2.45, 2.75) is 45.1 Å². The van der Waals surface area contributed by atoms with Crippen molar-refractivity contribution >= 4 is 23.0 Å². The molecule has 0 bridgehead atoms. The van der Waals surface area contributed by atoms with Crippen molar-refractivity contribution < 1.29 is 13.8 Å². The molecule has 0 heterocycles. The Balaban J connectivity index is 2.23. The van der Waals surface area contributed by atoms with Gasteiger partial charge in [0.05, 0.1) is 11.5 Å². The second kappa shape index (κ2) is 8.30. The topological polar surface area (TPSA) is 61.6 Å². The average molecular weight is 328 g/mol. The van der Waals surface area contributed by atoms with Crippen molar-refractivity contribution in [1.29, 1.82) is 0 Å². The molecule has 0 aliphatic carbocycles. The summed E-state index contributed by atoms with van der Waals surface area (Å²) in [5, 5.41) is 10.5. The van der Waals surface area contributed by atoms with Crippen molar-refractivity contribution in [2.24, 2.45) is 0 Å². The molecule has 0 atom stereocenters. The average Bonchev–Trinajstić information content (AvgIpc) is 2.37. The highest BCUT2D eigenvalue weighted by molar-refractivity contribution is 6.77. The molecular weight excluding hydrogens is 302 g/mol. The molecule has 5 nitrogen and oxygen atoms in total. The van der Waals surface area contributed by atoms with Crippen LogP contribution in [-0.4, -0.2) is 28.9 Å². The van der Waals surface area contributed by atoms with Crippen molar-refractivity contribution in [3.05, 3.63) is 34.4 Å². The van der Waals surface area contributed by atoms with Gasteiger partial charge in [-0.2, -0.15) is 0 Å². The van der Waals surface area contributed by atoms with Crippen LogP contribution in [0.4, 0.5) is 5.69 Å². The summed E-state index contributed by atoms with van der Waals surface area (Å²) in [6.45, 7) is 9.62. The van der Waals surface area contributed by atoms with Gasteiger partial charge in [-0.1, -0.05) is 6.42 Å².